The second-order valence-electron chi connectivity index (χ2n) is 5.20. The van der Waals surface area contributed by atoms with E-state index in [1.54, 1.807) is 11.3 Å². The van der Waals surface area contributed by atoms with E-state index in [9.17, 15) is 4.79 Å². The molecule has 0 atom stereocenters. The minimum absolute atomic E-state index is 0.216. The Morgan fingerprint density at radius 2 is 2.12 bits per heavy atom. The zero-order valence-corrected chi connectivity index (χ0v) is 11.7. The van der Waals surface area contributed by atoms with Crippen molar-refractivity contribution in [3.8, 4) is 0 Å². The molecule has 0 unspecified atom stereocenters. The largest absolute Gasteiger partial charge is 0.468 e. The molecule has 0 N–H and O–H groups in total. The molecular weight excluding hydrogens is 234 g/mol. The van der Waals surface area contributed by atoms with Crippen molar-refractivity contribution in [3.05, 3.63) is 15.6 Å². The van der Waals surface area contributed by atoms with Crippen LogP contribution in [0.3, 0.4) is 0 Å². The van der Waals surface area contributed by atoms with Crippen LogP contribution in [0.25, 0.3) is 0 Å². The molecule has 0 aromatic carbocycles. The van der Waals surface area contributed by atoms with E-state index in [2.05, 4.69) is 6.92 Å². The van der Waals surface area contributed by atoms with Crippen molar-refractivity contribution < 1.29 is 9.53 Å². The molecule has 3 nitrogen and oxygen atoms in total. The molecule has 0 amide bonds. The summed E-state index contributed by atoms with van der Waals surface area (Å²) >= 11 is 1.63. The maximum atomic E-state index is 11.8. The van der Waals surface area contributed by atoms with Gasteiger partial charge in [0.2, 0.25) is 0 Å². The van der Waals surface area contributed by atoms with Crippen molar-refractivity contribution in [2.45, 2.75) is 51.4 Å². The SMILES string of the molecule is COC(=O)C(C)(C)c1nc(C2CCC2)c(C)s1. The number of nitrogens with zero attached hydrogens (tertiary/aromatic N) is 1. The molecule has 94 valence electrons. The van der Waals surface area contributed by atoms with Crippen LogP contribution in [0, 0.1) is 6.92 Å². The quantitative estimate of drug-likeness (QED) is 0.777. The standard InChI is InChI=1S/C13H19NO2S/c1-8-10(9-6-5-7-9)14-11(17-8)13(2,3)12(15)16-4/h9H,5-7H2,1-4H3. The van der Waals surface area contributed by atoms with E-state index in [1.165, 1.54) is 36.9 Å². The summed E-state index contributed by atoms with van der Waals surface area (Å²) in [4.78, 5) is 17.7. The fourth-order valence-electron chi connectivity index (χ4n) is 2.08. The number of rotatable bonds is 3. The zero-order valence-electron chi connectivity index (χ0n) is 10.9. The van der Waals surface area contributed by atoms with Gasteiger partial charge in [0, 0.05) is 10.8 Å². The van der Waals surface area contributed by atoms with Gasteiger partial charge in [-0.25, -0.2) is 4.98 Å². The van der Waals surface area contributed by atoms with E-state index in [0.717, 1.165) is 5.01 Å². The molecule has 0 saturated heterocycles. The number of thiazole rings is 1. The van der Waals surface area contributed by atoms with Crippen molar-refractivity contribution in [2.24, 2.45) is 0 Å². The summed E-state index contributed by atoms with van der Waals surface area (Å²) in [5, 5.41) is 0.878. The van der Waals surface area contributed by atoms with Crippen molar-refractivity contribution in [3.63, 3.8) is 0 Å². The fourth-order valence-corrected chi connectivity index (χ4v) is 3.17. The Labute approximate surface area is 106 Å². The van der Waals surface area contributed by atoms with Gasteiger partial charge >= 0.3 is 5.97 Å². The van der Waals surface area contributed by atoms with Gasteiger partial charge in [0.25, 0.3) is 0 Å². The Morgan fingerprint density at radius 1 is 1.47 bits per heavy atom. The molecule has 0 bridgehead atoms. The molecule has 2 rings (SSSR count). The van der Waals surface area contributed by atoms with Gasteiger partial charge in [-0.1, -0.05) is 6.42 Å². The highest BCUT2D eigenvalue weighted by atomic mass is 32.1. The number of carbonyl (C=O) groups excluding carboxylic acids is 1. The minimum Gasteiger partial charge on any atom is -0.468 e. The number of carbonyl (C=O) groups is 1. The van der Waals surface area contributed by atoms with Crippen molar-refractivity contribution in [2.75, 3.05) is 7.11 Å². The van der Waals surface area contributed by atoms with Gasteiger partial charge in [-0.15, -0.1) is 11.3 Å². The second-order valence-corrected chi connectivity index (χ2v) is 6.41. The number of aromatic nitrogens is 1. The van der Waals surface area contributed by atoms with E-state index in [0.29, 0.717) is 5.92 Å². The van der Waals surface area contributed by atoms with Crippen LogP contribution in [0.2, 0.25) is 0 Å². The minimum atomic E-state index is -0.633. The molecule has 1 aromatic heterocycles. The number of ether oxygens (including phenoxy) is 1. The van der Waals surface area contributed by atoms with E-state index in [1.807, 2.05) is 13.8 Å². The molecule has 1 aromatic rings. The van der Waals surface area contributed by atoms with E-state index < -0.39 is 5.41 Å². The van der Waals surface area contributed by atoms with Gasteiger partial charge < -0.3 is 4.74 Å². The van der Waals surface area contributed by atoms with Crippen LogP contribution in [0.5, 0.6) is 0 Å². The molecule has 1 aliphatic carbocycles. The third kappa shape index (κ3) is 2.10. The normalized spacial score (nSPS) is 16.7. The molecule has 1 fully saturated rings. The Bertz CT molecular complexity index is 433. The molecule has 0 spiro atoms. The third-order valence-corrected chi connectivity index (χ3v) is 4.86. The van der Waals surface area contributed by atoms with Crippen LogP contribution in [0.4, 0.5) is 0 Å². The summed E-state index contributed by atoms with van der Waals surface area (Å²) in [6.45, 7) is 5.85. The van der Waals surface area contributed by atoms with Crippen LogP contribution in [-0.4, -0.2) is 18.1 Å². The highest BCUT2D eigenvalue weighted by Gasteiger charge is 2.36. The number of esters is 1. The number of hydrogen-bond donors (Lipinski definition) is 0. The van der Waals surface area contributed by atoms with Crippen LogP contribution < -0.4 is 0 Å². The average molecular weight is 253 g/mol. The predicted octanol–water partition coefficient (Wildman–Crippen LogP) is 3.17. The van der Waals surface area contributed by atoms with Gasteiger partial charge in [0.15, 0.2) is 0 Å². The summed E-state index contributed by atoms with van der Waals surface area (Å²) < 4.78 is 4.85. The molecule has 4 heteroatoms. The maximum Gasteiger partial charge on any atom is 0.318 e. The summed E-state index contributed by atoms with van der Waals surface area (Å²) in [5.74, 6) is 0.403. The number of methoxy groups -OCH3 is 1. The third-order valence-electron chi connectivity index (χ3n) is 3.55. The summed E-state index contributed by atoms with van der Waals surface area (Å²) in [6, 6.07) is 0. The van der Waals surface area contributed by atoms with Crippen molar-refractivity contribution >= 4 is 17.3 Å². The van der Waals surface area contributed by atoms with E-state index >= 15 is 0 Å². The first-order valence-corrected chi connectivity index (χ1v) is 6.84. The van der Waals surface area contributed by atoms with E-state index in [4.69, 9.17) is 9.72 Å². The van der Waals surface area contributed by atoms with Crippen LogP contribution >= 0.6 is 11.3 Å². The smallest absolute Gasteiger partial charge is 0.318 e. The molecule has 1 aliphatic rings. The lowest BCUT2D eigenvalue weighted by atomic mass is 9.82. The molecule has 0 radical (unpaired) electrons. The number of aryl methyl sites for hydroxylation is 1. The lowest BCUT2D eigenvalue weighted by Crippen LogP contribution is -2.30. The van der Waals surface area contributed by atoms with Crippen LogP contribution in [-0.2, 0) is 14.9 Å². The van der Waals surface area contributed by atoms with Crippen molar-refractivity contribution in [1.29, 1.82) is 0 Å². The Morgan fingerprint density at radius 3 is 2.59 bits per heavy atom. The Hall–Kier alpha value is -0.900. The molecular formula is C13H19NO2S. The van der Waals surface area contributed by atoms with Gasteiger partial charge in [-0.05, 0) is 33.6 Å². The highest BCUT2D eigenvalue weighted by molar-refractivity contribution is 7.12. The molecule has 1 saturated carbocycles. The second kappa shape index (κ2) is 4.41. The summed E-state index contributed by atoms with van der Waals surface area (Å²) in [5.41, 5.74) is 0.569. The van der Waals surface area contributed by atoms with Gasteiger partial charge in [0.05, 0.1) is 12.8 Å². The van der Waals surface area contributed by atoms with Gasteiger partial charge in [-0.3, -0.25) is 4.79 Å². The molecule has 17 heavy (non-hydrogen) atoms. The molecule has 0 aliphatic heterocycles. The Balaban J connectivity index is 2.30. The fraction of sp³-hybridized carbons (Fsp3) is 0.692. The highest BCUT2D eigenvalue weighted by Crippen LogP contribution is 2.41. The lowest BCUT2D eigenvalue weighted by Gasteiger charge is -2.24. The zero-order chi connectivity index (χ0) is 12.6. The monoisotopic (exact) mass is 253 g/mol. The summed E-state index contributed by atoms with van der Waals surface area (Å²) in [6.07, 6.45) is 3.78. The Kier molecular flexibility index (Phi) is 3.25. The lowest BCUT2D eigenvalue weighted by molar-refractivity contribution is -0.146. The summed E-state index contributed by atoms with van der Waals surface area (Å²) in [7, 11) is 1.43. The number of hydrogen-bond acceptors (Lipinski definition) is 4. The first-order chi connectivity index (χ1) is 7.96. The van der Waals surface area contributed by atoms with Crippen LogP contribution in [0.1, 0.15) is 54.6 Å². The topological polar surface area (TPSA) is 39.2 Å². The predicted molar refractivity (Wildman–Crippen MR) is 68.5 cm³/mol. The first-order valence-electron chi connectivity index (χ1n) is 6.03. The van der Waals surface area contributed by atoms with Crippen molar-refractivity contribution in [1.82, 2.24) is 4.98 Å². The first kappa shape index (κ1) is 12.6. The van der Waals surface area contributed by atoms with Gasteiger partial charge in [0.1, 0.15) is 10.4 Å². The average Bonchev–Trinajstić information content (AvgIpc) is 2.58. The van der Waals surface area contributed by atoms with Crippen LogP contribution in [0.15, 0.2) is 0 Å². The maximum absolute atomic E-state index is 11.8. The molecule has 1 heterocycles. The van der Waals surface area contributed by atoms with E-state index in [-0.39, 0.29) is 5.97 Å². The van der Waals surface area contributed by atoms with Gasteiger partial charge in [-0.2, -0.15) is 0 Å².